The fourth-order valence-corrected chi connectivity index (χ4v) is 4.08. The van der Waals surface area contributed by atoms with Gasteiger partial charge in [0.2, 0.25) is 10.0 Å². The molecule has 2 unspecified atom stereocenters. The molecule has 1 aliphatic rings. The van der Waals surface area contributed by atoms with Crippen LogP contribution in [0.2, 0.25) is 0 Å². The van der Waals surface area contributed by atoms with Crippen LogP contribution >= 0.6 is 0 Å². The molecule has 1 N–H and O–H groups in total. The van der Waals surface area contributed by atoms with Crippen LogP contribution in [-0.4, -0.2) is 55.9 Å². The Morgan fingerprint density at radius 2 is 1.78 bits per heavy atom. The number of sulfonamides is 1. The fraction of sp³-hybridized carbons (Fsp3) is 0.455. The minimum absolute atomic E-state index is 0.0405. The Labute approximate surface area is 188 Å². The van der Waals surface area contributed by atoms with E-state index in [-0.39, 0.29) is 28.7 Å². The van der Waals surface area contributed by atoms with Gasteiger partial charge in [0.1, 0.15) is 17.2 Å². The molecule has 174 valence electrons. The fourth-order valence-electron chi connectivity index (χ4n) is 3.18. The Balaban J connectivity index is 2.29. The van der Waals surface area contributed by atoms with Crippen molar-refractivity contribution in [2.24, 2.45) is 16.8 Å². The zero-order valence-electron chi connectivity index (χ0n) is 19.1. The molecule has 1 aromatic rings. The maximum atomic E-state index is 12.7. The third-order valence-electron chi connectivity index (χ3n) is 4.76. The number of amidine groups is 1. The topological polar surface area (TPSA) is 122 Å². The number of aliphatic imine (C=N–C) groups is 1. The summed E-state index contributed by atoms with van der Waals surface area (Å²) in [7, 11) is -0.702. The molecule has 0 aliphatic carbocycles. The van der Waals surface area contributed by atoms with Gasteiger partial charge in [0.15, 0.2) is 5.78 Å². The maximum absolute atomic E-state index is 12.7. The predicted molar refractivity (Wildman–Crippen MR) is 120 cm³/mol. The standard InChI is InChI=1S/C22H29N3O6S/c1-14(26)17(13-15-7-9-16(10-8-15)32(29,30)25(5)6)19-18(27)11-12-23-20(19)24-21(28)31-22(2,3)4/h7-12,17,19H,13H2,1-6H3,(H,23,24,28). The number of ether oxygens (including phenoxy) is 1. The molecule has 2 atom stereocenters. The van der Waals surface area contributed by atoms with E-state index in [0.717, 1.165) is 4.31 Å². The van der Waals surface area contributed by atoms with Crippen LogP contribution in [0.3, 0.4) is 0 Å². The maximum Gasteiger partial charge on any atom is 0.413 e. The highest BCUT2D eigenvalue weighted by Gasteiger charge is 2.37. The minimum atomic E-state index is -3.58. The van der Waals surface area contributed by atoms with E-state index in [1.165, 1.54) is 45.4 Å². The van der Waals surface area contributed by atoms with Crippen molar-refractivity contribution in [2.75, 3.05) is 14.1 Å². The van der Waals surface area contributed by atoms with E-state index in [9.17, 15) is 22.8 Å². The Morgan fingerprint density at radius 1 is 1.19 bits per heavy atom. The largest absolute Gasteiger partial charge is 0.444 e. The number of allylic oxidation sites excluding steroid dienone is 1. The highest BCUT2D eigenvalue weighted by Crippen LogP contribution is 2.25. The molecule has 2 rings (SSSR count). The number of rotatable bonds is 6. The Bertz CT molecular complexity index is 1050. The highest BCUT2D eigenvalue weighted by atomic mass is 32.2. The SMILES string of the molecule is CC(=O)C(Cc1ccc(S(=O)(=O)N(C)C)cc1)C1C(=O)C=CN=C1NC(=O)OC(C)(C)C. The van der Waals surface area contributed by atoms with Crippen molar-refractivity contribution >= 4 is 33.5 Å². The molecule has 0 fully saturated rings. The number of alkyl carbamates (subject to hydrolysis) is 1. The summed E-state index contributed by atoms with van der Waals surface area (Å²) < 4.78 is 30.9. The average Bonchev–Trinajstić information content (AvgIpc) is 2.65. The van der Waals surface area contributed by atoms with Crippen LogP contribution in [0, 0.1) is 11.8 Å². The summed E-state index contributed by atoms with van der Waals surface area (Å²) in [6.45, 7) is 6.48. The number of hydrogen-bond acceptors (Lipinski definition) is 7. The number of carbonyl (C=O) groups excluding carboxylic acids is 3. The van der Waals surface area contributed by atoms with Crippen LogP contribution in [0.1, 0.15) is 33.3 Å². The lowest BCUT2D eigenvalue weighted by Gasteiger charge is -2.27. The summed E-state index contributed by atoms with van der Waals surface area (Å²) in [5.41, 5.74) is -0.0783. The first-order valence-electron chi connectivity index (χ1n) is 10.0. The highest BCUT2D eigenvalue weighted by molar-refractivity contribution is 7.89. The van der Waals surface area contributed by atoms with E-state index in [2.05, 4.69) is 10.3 Å². The van der Waals surface area contributed by atoms with E-state index < -0.39 is 33.6 Å². The molecule has 0 spiro atoms. The van der Waals surface area contributed by atoms with Crippen molar-refractivity contribution in [1.29, 1.82) is 0 Å². The third kappa shape index (κ3) is 6.33. The van der Waals surface area contributed by atoms with Crippen molar-refractivity contribution in [3.63, 3.8) is 0 Å². The summed E-state index contributed by atoms with van der Waals surface area (Å²) in [5, 5.41) is 2.50. The predicted octanol–water partition coefficient (Wildman–Crippen LogP) is 2.32. The Hall–Kier alpha value is -2.85. The van der Waals surface area contributed by atoms with Crippen LogP contribution in [0.15, 0.2) is 46.4 Å². The molecule has 0 radical (unpaired) electrons. The van der Waals surface area contributed by atoms with Crippen LogP contribution in [-0.2, 0) is 30.8 Å². The molecule has 0 aromatic heterocycles. The van der Waals surface area contributed by atoms with Crippen LogP contribution in [0.25, 0.3) is 0 Å². The quantitative estimate of drug-likeness (QED) is 0.691. The molecular weight excluding hydrogens is 434 g/mol. The normalized spacial score (nSPS) is 17.7. The van der Waals surface area contributed by atoms with Gasteiger partial charge in [0, 0.05) is 32.3 Å². The van der Waals surface area contributed by atoms with Gasteiger partial charge >= 0.3 is 6.09 Å². The second-order valence-electron chi connectivity index (χ2n) is 8.69. The molecule has 1 aromatic carbocycles. The second kappa shape index (κ2) is 9.74. The average molecular weight is 464 g/mol. The smallest absolute Gasteiger partial charge is 0.413 e. The van der Waals surface area contributed by atoms with Crippen LogP contribution < -0.4 is 5.32 Å². The summed E-state index contributed by atoms with van der Waals surface area (Å²) in [6.07, 6.45) is 1.92. The number of nitrogens with one attached hydrogen (secondary N) is 1. The second-order valence-corrected chi connectivity index (χ2v) is 10.8. The van der Waals surface area contributed by atoms with Crippen molar-refractivity contribution in [1.82, 2.24) is 9.62 Å². The molecule has 1 aliphatic heterocycles. The van der Waals surface area contributed by atoms with Gasteiger partial charge in [-0.1, -0.05) is 12.1 Å². The first-order chi connectivity index (χ1) is 14.7. The van der Waals surface area contributed by atoms with Crippen molar-refractivity contribution in [2.45, 2.75) is 44.6 Å². The summed E-state index contributed by atoms with van der Waals surface area (Å²) in [4.78, 5) is 41.6. The molecule has 32 heavy (non-hydrogen) atoms. The number of carbonyl (C=O) groups is 3. The summed E-state index contributed by atoms with van der Waals surface area (Å²) >= 11 is 0. The van der Waals surface area contributed by atoms with Crippen LogP contribution in [0.4, 0.5) is 4.79 Å². The lowest BCUT2D eigenvalue weighted by molar-refractivity contribution is -0.126. The van der Waals surface area contributed by atoms with Crippen molar-refractivity contribution < 1.29 is 27.5 Å². The zero-order chi connectivity index (χ0) is 24.3. The number of benzene rings is 1. The number of ketones is 2. The zero-order valence-corrected chi connectivity index (χ0v) is 19.9. The molecule has 1 amide bonds. The summed E-state index contributed by atoms with van der Waals surface area (Å²) in [5.74, 6) is -2.38. The molecular formula is C22H29N3O6S. The lowest BCUT2D eigenvalue weighted by atomic mass is 9.80. The van der Waals surface area contributed by atoms with Crippen molar-refractivity contribution in [3.8, 4) is 0 Å². The lowest BCUT2D eigenvalue weighted by Crippen LogP contribution is -2.47. The van der Waals surface area contributed by atoms with Gasteiger partial charge in [-0.05, 0) is 51.8 Å². The molecule has 0 saturated heterocycles. The van der Waals surface area contributed by atoms with E-state index in [4.69, 9.17) is 4.74 Å². The number of Topliss-reactive ketones (excluding diaryl/α,β-unsaturated/α-hetero) is 1. The Kier molecular flexibility index (Phi) is 7.74. The van der Waals surface area contributed by atoms with E-state index in [1.807, 2.05) is 0 Å². The molecule has 1 heterocycles. The minimum Gasteiger partial charge on any atom is -0.444 e. The number of hydrogen-bond donors (Lipinski definition) is 1. The van der Waals surface area contributed by atoms with E-state index >= 15 is 0 Å². The van der Waals surface area contributed by atoms with Gasteiger partial charge in [0.25, 0.3) is 0 Å². The number of amides is 1. The molecule has 0 saturated carbocycles. The van der Waals surface area contributed by atoms with Gasteiger partial charge in [-0.3, -0.25) is 14.9 Å². The third-order valence-corrected chi connectivity index (χ3v) is 6.59. The summed E-state index contributed by atoms with van der Waals surface area (Å²) in [6, 6.07) is 6.12. The first-order valence-corrected chi connectivity index (χ1v) is 11.5. The Morgan fingerprint density at radius 3 is 2.28 bits per heavy atom. The molecule has 0 bridgehead atoms. The first kappa shape index (κ1) is 25.4. The van der Waals surface area contributed by atoms with Crippen molar-refractivity contribution in [3.05, 3.63) is 42.1 Å². The molecule has 9 nitrogen and oxygen atoms in total. The van der Waals surface area contributed by atoms with Gasteiger partial charge in [0.05, 0.1) is 10.8 Å². The number of nitrogens with zero attached hydrogens (tertiary/aromatic N) is 2. The molecule has 10 heteroatoms. The van der Waals surface area contributed by atoms with E-state index in [1.54, 1.807) is 32.9 Å². The van der Waals surface area contributed by atoms with E-state index in [0.29, 0.717) is 5.56 Å². The van der Waals surface area contributed by atoms with Gasteiger partial charge in [-0.15, -0.1) is 0 Å². The monoisotopic (exact) mass is 463 g/mol. The van der Waals surface area contributed by atoms with Gasteiger partial charge in [-0.25, -0.2) is 22.5 Å². The van der Waals surface area contributed by atoms with Gasteiger partial charge in [-0.2, -0.15) is 0 Å². The van der Waals surface area contributed by atoms with Crippen LogP contribution in [0.5, 0.6) is 0 Å². The van der Waals surface area contributed by atoms with Gasteiger partial charge < -0.3 is 4.74 Å².